The van der Waals surface area contributed by atoms with Gasteiger partial charge in [-0.3, -0.25) is 4.68 Å². The van der Waals surface area contributed by atoms with Crippen LogP contribution in [0.3, 0.4) is 0 Å². The first kappa shape index (κ1) is 13.2. The van der Waals surface area contributed by atoms with Crippen LogP contribution in [0.4, 0.5) is 0 Å². The van der Waals surface area contributed by atoms with Gasteiger partial charge >= 0.3 is 0 Å². The van der Waals surface area contributed by atoms with E-state index in [0.717, 1.165) is 25.8 Å². The van der Waals surface area contributed by atoms with E-state index in [0.29, 0.717) is 0 Å². The van der Waals surface area contributed by atoms with Gasteiger partial charge in [-0.05, 0) is 46.2 Å². The normalized spacial score (nSPS) is 15.0. The van der Waals surface area contributed by atoms with Crippen LogP contribution in [-0.2, 0) is 6.54 Å². The molecule has 2 N–H and O–H groups in total. The van der Waals surface area contributed by atoms with Gasteiger partial charge in [0.1, 0.15) is 0 Å². The summed E-state index contributed by atoms with van der Waals surface area (Å²) in [7, 11) is 1.90. The van der Waals surface area contributed by atoms with Gasteiger partial charge in [-0.15, -0.1) is 0 Å². The Hall–Kier alpha value is -0.870. The third-order valence-electron chi connectivity index (χ3n) is 3.23. The molecule has 1 heterocycles. The number of hydrogen-bond acceptors (Lipinski definition) is 3. The first-order valence-electron chi connectivity index (χ1n) is 5.89. The van der Waals surface area contributed by atoms with Crippen molar-refractivity contribution >= 4 is 0 Å². The molecule has 0 fully saturated rings. The summed E-state index contributed by atoms with van der Waals surface area (Å²) in [5, 5.41) is 16.6. The lowest BCUT2D eigenvalue weighted by atomic mass is 9.96. The number of aliphatic hydroxyl groups is 1. The van der Waals surface area contributed by atoms with Gasteiger partial charge in [0.05, 0.1) is 6.61 Å². The molecule has 16 heavy (non-hydrogen) atoms. The van der Waals surface area contributed by atoms with Crippen molar-refractivity contribution in [2.45, 2.75) is 45.2 Å². The number of aromatic nitrogens is 2. The van der Waals surface area contributed by atoms with Crippen molar-refractivity contribution in [3.8, 4) is 0 Å². The van der Waals surface area contributed by atoms with Crippen LogP contribution in [0.2, 0.25) is 0 Å². The highest BCUT2D eigenvalue weighted by atomic mass is 16.3. The van der Waals surface area contributed by atoms with E-state index in [9.17, 15) is 5.11 Å². The number of nitrogens with one attached hydrogen (secondary N) is 1. The van der Waals surface area contributed by atoms with E-state index in [4.69, 9.17) is 0 Å². The topological polar surface area (TPSA) is 50.1 Å². The molecule has 1 atom stereocenters. The van der Waals surface area contributed by atoms with Gasteiger partial charge in [-0.1, -0.05) is 0 Å². The zero-order valence-electron chi connectivity index (χ0n) is 10.5. The monoisotopic (exact) mass is 225 g/mol. The second kappa shape index (κ2) is 6.01. The van der Waals surface area contributed by atoms with Crippen LogP contribution in [0.15, 0.2) is 12.3 Å². The highest BCUT2D eigenvalue weighted by molar-refractivity contribution is 4.96. The molecule has 92 valence electrons. The Balaban J connectivity index is 2.24. The summed E-state index contributed by atoms with van der Waals surface area (Å²) in [6.45, 7) is 5.26. The van der Waals surface area contributed by atoms with Crippen LogP contribution < -0.4 is 5.32 Å². The van der Waals surface area contributed by atoms with Crippen LogP contribution in [0.25, 0.3) is 0 Å². The summed E-state index contributed by atoms with van der Waals surface area (Å²) < 4.78 is 2.02. The smallest absolute Gasteiger partial charge is 0.0610 e. The molecule has 1 unspecified atom stereocenters. The molecule has 0 radical (unpaired) electrons. The van der Waals surface area contributed by atoms with Crippen molar-refractivity contribution in [3.63, 3.8) is 0 Å². The van der Waals surface area contributed by atoms with Crippen molar-refractivity contribution in [2.75, 3.05) is 13.7 Å². The van der Waals surface area contributed by atoms with Gasteiger partial charge in [-0.25, -0.2) is 0 Å². The first-order chi connectivity index (χ1) is 7.61. The standard InChI is InChI=1S/C12H23N3O/c1-11-6-8-14-15(11)9-5-4-7-12(2,10-16)13-3/h6,8,13,16H,4-5,7,9-10H2,1-3H3. The Morgan fingerprint density at radius 3 is 2.75 bits per heavy atom. The highest BCUT2D eigenvalue weighted by Gasteiger charge is 2.19. The Labute approximate surface area is 97.7 Å². The van der Waals surface area contributed by atoms with Gasteiger partial charge in [0.2, 0.25) is 0 Å². The lowest BCUT2D eigenvalue weighted by Crippen LogP contribution is -2.43. The third kappa shape index (κ3) is 3.61. The molecule has 0 spiro atoms. The molecule has 1 aromatic heterocycles. The SMILES string of the molecule is CNC(C)(CO)CCCCn1nccc1C. The zero-order valence-corrected chi connectivity index (χ0v) is 10.5. The fourth-order valence-corrected chi connectivity index (χ4v) is 1.69. The molecular weight excluding hydrogens is 202 g/mol. The maximum Gasteiger partial charge on any atom is 0.0610 e. The number of likely N-dealkylation sites (N-methyl/N-ethyl adjacent to an activating group) is 1. The van der Waals surface area contributed by atoms with Crippen LogP contribution in [0.1, 0.15) is 31.9 Å². The molecule has 4 nitrogen and oxygen atoms in total. The molecule has 1 rings (SSSR count). The number of nitrogens with zero attached hydrogens (tertiary/aromatic N) is 2. The Morgan fingerprint density at radius 2 is 2.25 bits per heavy atom. The van der Waals surface area contributed by atoms with Crippen molar-refractivity contribution in [1.82, 2.24) is 15.1 Å². The number of aliphatic hydroxyl groups excluding tert-OH is 1. The minimum atomic E-state index is -0.140. The molecule has 0 bridgehead atoms. The molecular formula is C12H23N3O. The molecule has 0 aromatic carbocycles. The maximum absolute atomic E-state index is 9.23. The Morgan fingerprint density at radius 1 is 1.50 bits per heavy atom. The minimum absolute atomic E-state index is 0.140. The summed E-state index contributed by atoms with van der Waals surface area (Å²) in [6, 6.07) is 2.02. The van der Waals surface area contributed by atoms with Crippen molar-refractivity contribution < 1.29 is 5.11 Å². The second-order valence-electron chi connectivity index (χ2n) is 4.62. The van der Waals surface area contributed by atoms with E-state index >= 15 is 0 Å². The van der Waals surface area contributed by atoms with Crippen molar-refractivity contribution in [3.05, 3.63) is 18.0 Å². The van der Waals surface area contributed by atoms with E-state index in [1.807, 2.05) is 30.9 Å². The van der Waals surface area contributed by atoms with E-state index in [-0.39, 0.29) is 12.1 Å². The van der Waals surface area contributed by atoms with Crippen LogP contribution in [-0.4, -0.2) is 34.1 Å². The first-order valence-corrected chi connectivity index (χ1v) is 5.89. The second-order valence-corrected chi connectivity index (χ2v) is 4.62. The number of aryl methyl sites for hydroxylation is 2. The summed E-state index contributed by atoms with van der Waals surface area (Å²) in [5.41, 5.74) is 1.07. The molecule has 4 heteroatoms. The van der Waals surface area contributed by atoms with E-state index in [1.54, 1.807) is 0 Å². The van der Waals surface area contributed by atoms with E-state index in [1.165, 1.54) is 5.69 Å². The van der Waals surface area contributed by atoms with Crippen LogP contribution >= 0.6 is 0 Å². The summed E-state index contributed by atoms with van der Waals surface area (Å²) in [5.74, 6) is 0. The summed E-state index contributed by atoms with van der Waals surface area (Å²) in [4.78, 5) is 0. The lowest BCUT2D eigenvalue weighted by molar-refractivity contribution is 0.170. The van der Waals surface area contributed by atoms with Gasteiger partial charge < -0.3 is 10.4 Å². The highest BCUT2D eigenvalue weighted by Crippen LogP contribution is 2.13. The van der Waals surface area contributed by atoms with Crippen molar-refractivity contribution in [2.24, 2.45) is 0 Å². The average Bonchev–Trinajstić information content (AvgIpc) is 2.70. The van der Waals surface area contributed by atoms with Gasteiger partial charge in [0, 0.05) is 24.0 Å². The largest absolute Gasteiger partial charge is 0.394 e. The zero-order chi connectivity index (χ0) is 12.0. The lowest BCUT2D eigenvalue weighted by Gasteiger charge is -2.26. The summed E-state index contributed by atoms with van der Waals surface area (Å²) >= 11 is 0. The van der Waals surface area contributed by atoms with E-state index < -0.39 is 0 Å². The predicted octanol–water partition coefficient (Wildman–Crippen LogP) is 1.33. The summed E-state index contributed by atoms with van der Waals surface area (Å²) in [6.07, 6.45) is 5.01. The average molecular weight is 225 g/mol. The Kier molecular flexibility index (Phi) is 4.96. The molecule has 0 aliphatic carbocycles. The molecule has 0 aliphatic rings. The molecule has 0 saturated carbocycles. The van der Waals surface area contributed by atoms with Crippen molar-refractivity contribution in [1.29, 1.82) is 0 Å². The number of hydrogen-bond donors (Lipinski definition) is 2. The quantitative estimate of drug-likeness (QED) is 0.688. The number of unbranched alkanes of at least 4 members (excludes halogenated alkanes) is 1. The van der Waals surface area contributed by atoms with E-state index in [2.05, 4.69) is 17.3 Å². The van der Waals surface area contributed by atoms with Gasteiger partial charge in [0.25, 0.3) is 0 Å². The Bertz CT molecular complexity index is 305. The number of rotatable bonds is 7. The van der Waals surface area contributed by atoms with Gasteiger partial charge in [0.15, 0.2) is 0 Å². The van der Waals surface area contributed by atoms with Crippen LogP contribution in [0.5, 0.6) is 0 Å². The van der Waals surface area contributed by atoms with Gasteiger partial charge in [-0.2, -0.15) is 5.10 Å². The molecule has 0 saturated heterocycles. The predicted molar refractivity (Wildman–Crippen MR) is 65.4 cm³/mol. The fraction of sp³-hybridized carbons (Fsp3) is 0.750. The molecule has 0 aliphatic heterocycles. The minimum Gasteiger partial charge on any atom is -0.394 e. The van der Waals surface area contributed by atoms with Crippen LogP contribution in [0, 0.1) is 6.92 Å². The fourth-order valence-electron chi connectivity index (χ4n) is 1.69. The molecule has 0 amide bonds. The third-order valence-corrected chi connectivity index (χ3v) is 3.23. The maximum atomic E-state index is 9.23. The molecule has 1 aromatic rings.